The Balaban J connectivity index is 1.68. The molecule has 25 heavy (non-hydrogen) atoms. The number of benzene rings is 2. The standard InChI is InChI=1S/C25H32/c1-3-5-7-9-20-10-13-22(14-11-20)24-17-16-23-18-21(8-6-4-2)12-15-25(23)19-24/h3,5,10-11,13-14,16-17,19,21H,4,6-9,12,15,18H2,1-2H3/b5-3+. The van der Waals surface area contributed by atoms with Crippen LogP contribution in [0.4, 0.5) is 0 Å². The fourth-order valence-electron chi connectivity index (χ4n) is 4.03. The van der Waals surface area contributed by atoms with Crippen molar-refractivity contribution in [2.45, 2.75) is 65.2 Å². The van der Waals surface area contributed by atoms with Crippen LogP contribution in [0.2, 0.25) is 0 Å². The fourth-order valence-corrected chi connectivity index (χ4v) is 4.03. The summed E-state index contributed by atoms with van der Waals surface area (Å²) in [6.45, 7) is 4.39. The Morgan fingerprint density at radius 1 is 1.00 bits per heavy atom. The van der Waals surface area contributed by atoms with Gasteiger partial charge < -0.3 is 0 Å². The first-order valence-corrected chi connectivity index (χ1v) is 10.1. The minimum atomic E-state index is 0.912. The highest BCUT2D eigenvalue weighted by molar-refractivity contribution is 5.65. The molecule has 1 aliphatic carbocycles. The number of unbranched alkanes of at least 4 members (excludes halogenated alkanes) is 1. The van der Waals surface area contributed by atoms with Crippen molar-refractivity contribution in [3.05, 3.63) is 71.3 Å². The zero-order valence-corrected chi connectivity index (χ0v) is 15.9. The van der Waals surface area contributed by atoms with E-state index >= 15 is 0 Å². The molecule has 0 saturated heterocycles. The van der Waals surface area contributed by atoms with Crippen LogP contribution < -0.4 is 0 Å². The van der Waals surface area contributed by atoms with Gasteiger partial charge in [0.2, 0.25) is 0 Å². The fraction of sp³-hybridized carbons (Fsp3) is 0.440. The number of hydrogen-bond acceptors (Lipinski definition) is 0. The summed E-state index contributed by atoms with van der Waals surface area (Å²) in [5.74, 6) is 0.912. The number of hydrogen-bond donors (Lipinski definition) is 0. The quantitative estimate of drug-likeness (QED) is 0.472. The van der Waals surface area contributed by atoms with Crippen molar-refractivity contribution in [3.8, 4) is 11.1 Å². The summed E-state index contributed by atoms with van der Waals surface area (Å²) in [6, 6.07) is 16.3. The molecule has 1 atom stereocenters. The van der Waals surface area contributed by atoms with E-state index in [9.17, 15) is 0 Å². The monoisotopic (exact) mass is 332 g/mol. The van der Waals surface area contributed by atoms with Gasteiger partial charge in [-0.15, -0.1) is 0 Å². The molecule has 0 amide bonds. The second-order valence-electron chi connectivity index (χ2n) is 7.54. The molecule has 0 nitrogen and oxygen atoms in total. The Morgan fingerprint density at radius 2 is 1.80 bits per heavy atom. The number of rotatable bonds is 7. The van der Waals surface area contributed by atoms with E-state index < -0.39 is 0 Å². The maximum Gasteiger partial charge on any atom is -0.0181 e. The van der Waals surface area contributed by atoms with Crippen molar-refractivity contribution in [1.82, 2.24) is 0 Å². The smallest absolute Gasteiger partial charge is 0.0181 e. The van der Waals surface area contributed by atoms with E-state index in [4.69, 9.17) is 0 Å². The van der Waals surface area contributed by atoms with Gasteiger partial charge in [-0.2, -0.15) is 0 Å². The highest BCUT2D eigenvalue weighted by Gasteiger charge is 2.18. The Hall–Kier alpha value is -1.82. The molecule has 0 spiro atoms. The van der Waals surface area contributed by atoms with Crippen molar-refractivity contribution in [1.29, 1.82) is 0 Å². The van der Waals surface area contributed by atoms with Crippen molar-refractivity contribution in [3.63, 3.8) is 0 Å². The molecule has 2 aromatic carbocycles. The molecule has 0 saturated carbocycles. The maximum atomic E-state index is 2.44. The van der Waals surface area contributed by atoms with Crippen LogP contribution in [0.25, 0.3) is 11.1 Å². The Morgan fingerprint density at radius 3 is 2.56 bits per heavy atom. The van der Waals surface area contributed by atoms with Crippen molar-refractivity contribution in [2.24, 2.45) is 5.92 Å². The third-order valence-corrected chi connectivity index (χ3v) is 5.63. The molecule has 3 rings (SSSR count). The first-order valence-electron chi connectivity index (χ1n) is 10.1. The largest absolute Gasteiger partial charge is 0.0917 e. The van der Waals surface area contributed by atoms with Gasteiger partial charge in [0, 0.05) is 0 Å². The van der Waals surface area contributed by atoms with Gasteiger partial charge in [0.1, 0.15) is 0 Å². The summed E-state index contributed by atoms with van der Waals surface area (Å²) < 4.78 is 0. The van der Waals surface area contributed by atoms with Gasteiger partial charge in [0.15, 0.2) is 0 Å². The molecule has 1 aliphatic rings. The predicted octanol–water partition coefficient (Wildman–Crippen LogP) is 7.16. The van der Waals surface area contributed by atoms with E-state index in [2.05, 4.69) is 68.5 Å². The van der Waals surface area contributed by atoms with Crippen LogP contribution in [-0.2, 0) is 19.3 Å². The molecule has 0 bridgehead atoms. The second kappa shape index (κ2) is 9.04. The van der Waals surface area contributed by atoms with Crippen molar-refractivity contribution in [2.75, 3.05) is 0 Å². The van der Waals surface area contributed by atoms with Crippen LogP contribution in [0.1, 0.15) is 62.6 Å². The summed E-state index contributed by atoms with van der Waals surface area (Å²) in [6.07, 6.45) is 14.7. The van der Waals surface area contributed by atoms with Gasteiger partial charge in [0.25, 0.3) is 0 Å². The normalized spacial score (nSPS) is 17.0. The molecular weight excluding hydrogens is 300 g/mol. The molecule has 0 aromatic heterocycles. The minimum absolute atomic E-state index is 0.912. The van der Waals surface area contributed by atoms with Gasteiger partial charge in [-0.05, 0) is 72.8 Å². The lowest BCUT2D eigenvalue weighted by Crippen LogP contribution is -2.14. The first-order chi connectivity index (χ1) is 12.3. The lowest BCUT2D eigenvalue weighted by Gasteiger charge is -2.25. The Bertz CT molecular complexity index is 690. The highest BCUT2D eigenvalue weighted by atomic mass is 14.2. The van der Waals surface area contributed by atoms with Crippen molar-refractivity contribution < 1.29 is 0 Å². The molecule has 132 valence electrons. The first kappa shape index (κ1) is 18.0. The Kier molecular flexibility index (Phi) is 6.50. The molecule has 1 unspecified atom stereocenters. The van der Waals surface area contributed by atoms with E-state index in [-0.39, 0.29) is 0 Å². The average molecular weight is 333 g/mol. The van der Waals surface area contributed by atoms with Gasteiger partial charge >= 0.3 is 0 Å². The van der Waals surface area contributed by atoms with Crippen LogP contribution in [0.15, 0.2) is 54.6 Å². The lowest BCUT2D eigenvalue weighted by atomic mass is 9.80. The molecule has 0 aliphatic heterocycles. The summed E-state index contributed by atoms with van der Waals surface area (Å²) >= 11 is 0. The maximum absolute atomic E-state index is 2.44. The average Bonchev–Trinajstić information content (AvgIpc) is 2.66. The number of aryl methyl sites for hydroxylation is 2. The van der Waals surface area contributed by atoms with E-state index in [1.165, 1.54) is 55.2 Å². The topological polar surface area (TPSA) is 0 Å². The second-order valence-corrected chi connectivity index (χ2v) is 7.54. The van der Waals surface area contributed by atoms with Gasteiger partial charge in [-0.1, -0.05) is 80.8 Å². The zero-order valence-electron chi connectivity index (χ0n) is 15.9. The number of allylic oxidation sites excluding steroid dienone is 2. The van der Waals surface area contributed by atoms with Gasteiger partial charge in [-0.25, -0.2) is 0 Å². The van der Waals surface area contributed by atoms with Gasteiger partial charge in [-0.3, -0.25) is 0 Å². The number of fused-ring (bicyclic) bond motifs is 1. The molecule has 0 N–H and O–H groups in total. The van der Waals surface area contributed by atoms with Crippen LogP contribution in [0.5, 0.6) is 0 Å². The molecule has 0 heterocycles. The van der Waals surface area contributed by atoms with Crippen LogP contribution in [0.3, 0.4) is 0 Å². The molecule has 2 aromatic rings. The van der Waals surface area contributed by atoms with E-state index in [1.54, 1.807) is 11.1 Å². The predicted molar refractivity (Wildman–Crippen MR) is 110 cm³/mol. The van der Waals surface area contributed by atoms with Crippen LogP contribution >= 0.6 is 0 Å². The zero-order chi connectivity index (χ0) is 17.5. The van der Waals surface area contributed by atoms with Gasteiger partial charge in [0.05, 0.1) is 0 Å². The summed E-state index contributed by atoms with van der Waals surface area (Å²) in [4.78, 5) is 0. The third-order valence-electron chi connectivity index (χ3n) is 5.63. The summed E-state index contributed by atoms with van der Waals surface area (Å²) in [5.41, 5.74) is 7.34. The minimum Gasteiger partial charge on any atom is -0.0917 e. The summed E-state index contributed by atoms with van der Waals surface area (Å²) in [5, 5.41) is 0. The van der Waals surface area contributed by atoms with Crippen molar-refractivity contribution >= 4 is 0 Å². The van der Waals surface area contributed by atoms with E-state index in [0.29, 0.717) is 0 Å². The van der Waals surface area contributed by atoms with E-state index in [1.807, 2.05) is 0 Å². The third kappa shape index (κ3) is 4.84. The molecule has 0 heteroatoms. The molecule has 0 fully saturated rings. The lowest BCUT2D eigenvalue weighted by molar-refractivity contribution is 0.413. The Labute approximate surface area is 154 Å². The van der Waals surface area contributed by atoms with E-state index in [0.717, 1.165) is 18.8 Å². The van der Waals surface area contributed by atoms with Crippen LogP contribution in [0, 0.1) is 5.92 Å². The molecular formula is C25H32. The summed E-state index contributed by atoms with van der Waals surface area (Å²) in [7, 11) is 0. The SMILES string of the molecule is C/C=C/CCc1ccc(-c2ccc3c(c2)CCC(CCCC)C3)cc1. The van der Waals surface area contributed by atoms with Crippen LogP contribution in [-0.4, -0.2) is 0 Å². The molecule has 0 radical (unpaired) electrons. The highest BCUT2D eigenvalue weighted by Crippen LogP contribution is 2.32.